The molecule has 5 nitrogen and oxygen atoms in total. The molecule has 0 aromatic heterocycles. The smallest absolute Gasteiger partial charge is 0.324 e. The van der Waals surface area contributed by atoms with Crippen LogP contribution >= 0.6 is 0 Å². The third-order valence-electron chi connectivity index (χ3n) is 2.86. The normalized spacial score (nSPS) is 31.8. The molecule has 0 aromatic rings. The van der Waals surface area contributed by atoms with Gasteiger partial charge in [-0.2, -0.15) is 5.26 Å². The average molecular weight is 193 g/mol. The molecule has 0 bridgehead atoms. The first kappa shape index (κ1) is 9.00. The topological polar surface area (TPSA) is 73.2 Å². The molecule has 3 amide bonds. The highest BCUT2D eigenvalue weighted by molar-refractivity contribution is 6.02. The summed E-state index contributed by atoms with van der Waals surface area (Å²) in [6.45, 7) is 0.0769. The molecule has 1 heterocycles. The van der Waals surface area contributed by atoms with E-state index < -0.39 is 0 Å². The zero-order valence-corrected chi connectivity index (χ0v) is 7.69. The summed E-state index contributed by atoms with van der Waals surface area (Å²) >= 11 is 0. The van der Waals surface area contributed by atoms with Crippen molar-refractivity contribution in [2.45, 2.75) is 25.3 Å². The van der Waals surface area contributed by atoms with Crippen LogP contribution in [0, 0.1) is 17.2 Å². The van der Waals surface area contributed by atoms with Crippen LogP contribution in [0.3, 0.4) is 0 Å². The maximum atomic E-state index is 11.4. The zero-order chi connectivity index (χ0) is 10.1. The van der Waals surface area contributed by atoms with Gasteiger partial charge in [-0.05, 0) is 19.3 Å². The SMILES string of the molecule is N#CC1CCCC1N1C(=O)CNC1=O. The molecule has 0 aromatic carbocycles. The molecule has 1 aliphatic heterocycles. The van der Waals surface area contributed by atoms with E-state index in [9.17, 15) is 9.59 Å². The Morgan fingerprint density at radius 1 is 1.43 bits per heavy atom. The van der Waals surface area contributed by atoms with E-state index in [0.29, 0.717) is 0 Å². The monoisotopic (exact) mass is 193 g/mol. The Hall–Kier alpha value is -1.57. The van der Waals surface area contributed by atoms with Crippen molar-refractivity contribution in [3.05, 3.63) is 0 Å². The lowest BCUT2D eigenvalue weighted by Gasteiger charge is -2.22. The Morgan fingerprint density at radius 3 is 2.79 bits per heavy atom. The molecule has 2 unspecified atom stereocenters. The van der Waals surface area contributed by atoms with Crippen LogP contribution in [-0.4, -0.2) is 29.4 Å². The molecule has 2 fully saturated rings. The first-order chi connectivity index (χ1) is 6.74. The van der Waals surface area contributed by atoms with Crippen molar-refractivity contribution in [3.63, 3.8) is 0 Å². The molecule has 0 radical (unpaired) electrons. The summed E-state index contributed by atoms with van der Waals surface area (Å²) in [7, 11) is 0. The third-order valence-corrected chi connectivity index (χ3v) is 2.86. The number of carbonyl (C=O) groups is 2. The van der Waals surface area contributed by atoms with Gasteiger partial charge in [-0.25, -0.2) is 4.79 Å². The minimum atomic E-state index is -0.345. The van der Waals surface area contributed by atoms with E-state index in [1.54, 1.807) is 0 Å². The lowest BCUT2D eigenvalue weighted by atomic mass is 10.0. The Balaban J connectivity index is 2.18. The summed E-state index contributed by atoms with van der Waals surface area (Å²) in [6, 6.07) is 1.61. The molecule has 1 N–H and O–H groups in total. The lowest BCUT2D eigenvalue weighted by molar-refractivity contribution is -0.126. The highest BCUT2D eigenvalue weighted by Crippen LogP contribution is 2.30. The van der Waals surface area contributed by atoms with Gasteiger partial charge in [0.05, 0.1) is 24.6 Å². The molecule has 1 aliphatic carbocycles. The van der Waals surface area contributed by atoms with Crippen LogP contribution in [0.1, 0.15) is 19.3 Å². The molecular weight excluding hydrogens is 182 g/mol. The fourth-order valence-corrected chi connectivity index (χ4v) is 2.17. The average Bonchev–Trinajstić information content (AvgIpc) is 2.73. The Bertz CT molecular complexity index is 305. The van der Waals surface area contributed by atoms with Gasteiger partial charge in [-0.15, -0.1) is 0 Å². The van der Waals surface area contributed by atoms with E-state index >= 15 is 0 Å². The number of carbonyl (C=O) groups excluding carboxylic acids is 2. The van der Waals surface area contributed by atoms with Crippen LogP contribution in [-0.2, 0) is 4.79 Å². The lowest BCUT2D eigenvalue weighted by Crippen LogP contribution is -2.42. The van der Waals surface area contributed by atoms with E-state index in [0.717, 1.165) is 19.3 Å². The highest BCUT2D eigenvalue weighted by Gasteiger charge is 2.41. The summed E-state index contributed by atoms with van der Waals surface area (Å²) in [6.07, 6.45) is 2.47. The second-order valence-electron chi connectivity index (χ2n) is 3.66. The number of rotatable bonds is 1. The van der Waals surface area contributed by atoms with Gasteiger partial charge in [0.1, 0.15) is 0 Å². The largest absolute Gasteiger partial charge is 0.329 e. The predicted octanol–water partition coefficient (Wildman–Crippen LogP) is 0.230. The van der Waals surface area contributed by atoms with Crippen molar-refractivity contribution in [1.29, 1.82) is 5.26 Å². The van der Waals surface area contributed by atoms with Crippen molar-refractivity contribution in [1.82, 2.24) is 10.2 Å². The van der Waals surface area contributed by atoms with Crippen LogP contribution in [0.15, 0.2) is 0 Å². The van der Waals surface area contributed by atoms with Gasteiger partial charge < -0.3 is 5.32 Å². The van der Waals surface area contributed by atoms with Crippen LogP contribution in [0.4, 0.5) is 4.79 Å². The number of imide groups is 1. The first-order valence-electron chi connectivity index (χ1n) is 4.73. The summed E-state index contributed by atoms with van der Waals surface area (Å²) in [5.41, 5.74) is 0. The molecule has 2 aliphatic rings. The van der Waals surface area contributed by atoms with Gasteiger partial charge in [0.2, 0.25) is 5.91 Å². The summed E-state index contributed by atoms with van der Waals surface area (Å²) in [5, 5.41) is 11.3. The zero-order valence-electron chi connectivity index (χ0n) is 7.69. The van der Waals surface area contributed by atoms with Gasteiger partial charge in [0, 0.05) is 0 Å². The summed E-state index contributed by atoms with van der Waals surface area (Å²) in [4.78, 5) is 23.9. The summed E-state index contributed by atoms with van der Waals surface area (Å²) < 4.78 is 0. The quantitative estimate of drug-likeness (QED) is 0.606. The number of nitrogens with one attached hydrogen (secondary N) is 1. The van der Waals surface area contributed by atoms with Gasteiger partial charge in [0.25, 0.3) is 0 Å². The number of hydrogen-bond donors (Lipinski definition) is 1. The number of amides is 3. The van der Waals surface area contributed by atoms with Crippen LogP contribution in [0.2, 0.25) is 0 Å². The first-order valence-corrected chi connectivity index (χ1v) is 4.73. The van der Waals surface area contributed by atoms with Crippen LogP contribution in [0.25, 0.3) is 0 Å². The van der Waals surface area contributed by atoms with Crippen molar-refractivity contribution in [3.8, 4) is 6.07 Å². The molecule has 0 spiro atoms. The molecule has 1 saturated carbocycles. The molecule has 2 atom stereocenters. The van der Waals surface area contributed by atoms with E-state index in [2.05, 4.69) is 11.4 Å². The van der Waals surface area contributed by atoms with E-state index in [1.807, 2.05) is 0 Å². The Kier molecular flexibility index (Phi) is 2.12. The van der Waals surface area contributed by atoms with Gasteiger partial charge in [-0.1, -0.05) is 0 Å². The van der Waals surface area contributed by atoms with Crippen LogP contribution < -0.4 is 5.32 Å². The Labute approximate surface area is 81.7 Å². The number of nitrogens with zero attached hydrogens (tertiary/aromatic N) is 2. The molecule has 1 saturated heterocycles. The third kappa shape index (κ3) is 1.23. The van der Waals surface area contributed by atoms with E-state index in [-0.39, 0.29) is 30.4 Å². The van der Waals surface area contributed by atoms with Crippen molar-refractivity contribution < 1.29 is 9.59 Å². The number of hydrogen-bond acceptors (Lipinski definition) is 3. The molecule has 74 valence electrons. The van der Waals surface area contributed by atoms with Crippen molar-refractivity contribution >= 4 is 11.9 Å². The van der Waals surface area contributed by atoms with Crippen molar-refractivity contribution in [2.24, 2.45) is 5.92 Å². The predicted molar refractivity (Wildman–Crippen MR) is 47.0 cm³/mol. The summed E-state index contributed by atoms with van der Waals surface area (Å²) in [5.74, 6) is -0.384. The standard InChI is InChI=1S/C9H11N3O2/c10-4-6-2-1-3-7(6)12-8(13)5-11-9(12)14/h6-7H,1-3,5H2,(H,11,14). The van der Waals surface area contributed by atoms with E-state index in [1.165, 1.54) is 4.90 Å². The second-order valence-corrected chi connectivity index (χ2v) is 3.66. The van der Waals surface area contributed by atoms with Gasteiger partial charge in [-0.3, -0.25) is 9.69 Å². The molecule has 14 heavy (non-hydrogen) atoms. The molecule has 2 rings (SSSR count). The maximum Gasteiger partial charge on any atom is 0.324 e. The minimum Gasteiger partial charge on any atom is -0.329 e. The number of urea groups is 1. The maximum absolute atomic E-state index is 11.4. The molecule has 5 heteroatoms. The van der Waals surface area contributed by atoms with Gasteiger partial charge >= 0.3 is 6.03 Å². The fourth-order valence-electron chi connectivity index (χ4n) is 2.17. The number of nitriles is 1. The second kappa shape index (κ2) is 3.29. The highest BCUT2D eigenvalue weighted by atomic mass is 16.2. The van der Waals surface area contributed by atoms with E-state index in [4.69, 9.17) is 5.26 Å². The van der Waals surface area contributed by atoms with Crippen LogP contribution in [0.5, 0.6) is 0 Å². The van der Waals surface area contributed by atoms with Crippen molar-refractivity contribution in [2.75, 3.05) is 6.54 Å². The fraction of sp³-hybridized carbons (Fsp3) is 0.667. The van der Waals surface area contributed by atoms with Gasteiger partial charge in [0.15, 0.2) is 0 Å². The minimum absolute atomic E-state index is 0.0769. The molecular formula is C9H11N3O2. The Morgan fingerprint density at radius 2 is 2.21 bits per heavy atom.